The van der Waals surface area contributed by atoms with Crippen molar-refractivity contribution in [3.05, 3.63) is 36.5 Å². The molecule has 246 valence electrons. The maximum Gasteiger partial charge on any atom is 0.220 e. The highest BCUT2D eigenvalue weighted by Crippen LogP contribution is 2.13. The Morgan fingerprint density at radius 2 is 1.02 bits per heavy atom. The lowest BCUT2D eigenvalue weighted by molar-refractivity contribution is -0.124. The number of hydrogen-bond donors (Lipinski definition) is 4. The van der Waals surface area contributed by atoms with Crippen molar-refractivity contribution in [2.45, 2.75) is 186 Å². The molecule has 0 aromatic rings. The molecule has 0 saturated carbocycles. The zero-order chi connectivity index (χ0) is 30.9. The van der Waals surface area contributed by atoms with Gasteiger partial charge in [0, 0.05) is 6.42 Å². The Balaban J connectivity index is 3.76. The maximum absolute atomic E-state index is 12.3. The van der Waals surface area contributed by atoms with E-state index in [9.17, 15) is 20.1 Å². The first-order valence-corrected chi connectivity index (χ1v) is 17.8. The van der Waals surface area contributed by atoms with Crippen molar-refractivity contribution in [2.24, 2.45) is 0 Å². The van der Waals surface area contributed by atoms with Crippen LogP contribution in [0.3, 0.4) is 0 Å². The van der Waals surface area contributed by atoms with Crippen molar-refractivity contribution in [3.8, 4) is 0 Å². The summed E-state index contributed by atoms with van der Waals surface area (Å²) in [5, 5.41) is 33.2. The van der Waals surface area contributed by atoms with Crippen LogP contribution in [0.5, 0.6) is 0 Å². The summed E-state index contributed by atoms with van der Waals surface area (Å²) >= 11 is 0. The van der Waals surface area contributed by atoms with Crippen LogP contribution in [-0.4, -0.2) is 46.1 Å². The molecule has 42 heavy (non-hydrogen) atoms. The molecule has 0 radical (unpaired) electrons. The first-order chi connectivity index (χ1) is 20.6. The second-order valence-corrected chi connectivity index (χ2v) is 12.1. The Labute approximate surface area is 260 Å². The van der Waals surface area contributed by atoms with Gasteiger partial charge in [-0.15, -0.1) is 0 Å². The normalized spacial score (nSPS) is 14.3. The molecule has 5 heteroatoms. The number of unbranched alkanes of at least 4 members (excludes halogenated alkanes) is 17. The van der Waals surface area contributed by atoms with Crippen LogP contribution in [0, 0.1) is 0 Å². The fourth-order valence-corrected chi connectivity index (χ4v) is 5.13. The zero-order valence-electron chi connectivity index (χ0n) is 27.6. The third-order valence-corrected chi connectivity index (χ3v) is 7.97. The summed E-state index contributed by atoms with van der Waals surface area (Å²) in [7, 11) is 0. The topological polar surface area (TPSA) is 89.8 Å². The van der Waals surface area contributed by atoms with Crippen LogP contribution in [-0.2, 0) is 4.79 Å². The SMILES string of the molecule is CCCCC/C=C\C/C=C\CCCCCCCCCC(=O)NC(CO)C(O)C(O)CCC/C=C/CCCCCCCC. The van der Waals surface area contributed by atoms with E-state index >= 15 is 0 Å². The maximum atomic E-state index is 12.3. The predicted molar refractivity (Wildman–Crippen MR) is 181 cm³/mol. The van der Waals surface area contributed by atoms with Gasteiger partial charge in [-0.3, -0.25) is 4.79 Å². The average molecular weight is 592 g/mol. The van der Waals surface area contributed by atoms with Gasteiger partial charge in [0.25, 0.3) is 0 Å². The summed E-state index contributed by atoms with van der Waals surface area (Å²) in [6, 6.07) is -0.827. The Kier molecular flexibility index (Phi) is 31.4. The largest absolute Gasteiger partial charge is 0.394 e. The number of carbonyl (C=O) groups is 1. The molecule has 0 heterocycles. The van der Waals surface area contributed by atoms with Gasteiger partial charge < -0.3 is 20.6 Å². The molecule has 5 nitrogen and oxygen atoms in total. The lowest BCUT2D eigenvalue weighted by Crippen LogP contribution is -2.50. The van der Waals surface area contributed by atoms with Crippen molar-refractivity contribution >= 4 is 5.91 Å². The molecule has 3 atom stereocenters. The zero-order valence-corrected chi connectivity index (χ0v) is 27.6. The summed E-state index contributed by atoms with van der Waals surface area (Å²) in [4.78, 5) is 12.3. The van der Waals surface area contributed by atoms with E-state index in [-0.39, 0.29) is 12.5 Å². The van der Waals surface area contributed by atoms with Crippen molar-refractivity contribution in [1.82, 2.24) is 5.32 Å². The molecule has 0 spiro atoms. The smallest absolute Gasteiger partial charge is 0.220 e. The number of allylic oxidation sites excluding steroid dienone is 6. The number of aliphatic hydroxyl groups excluding tert-OH is 3. The minimum Gasteiger partial charge on any atom is -0.394 e. The van der Waals surface area contributed by atoms with Gasteiger partial charge >= 0.3 is 0 Å². The monoisotopic (exact) mass is 592 g/mol. The van der Waals surface area contributed by atoms with Gasteiger partial charge in [0.05, 0.1) is 18.8 Å². The molecule has 1 amide bonds. The van der Waals surface area contributed by atoms with Gasteiger partial charge in [0.1, 0.15) is 6.10 Å². The Morgan fingerprint density at radius 1 is 0.595 bits per heavy atom. The van der Waals surface area contributed by atoms with Gasteiger partial charge in [0.15, 0.2) is 0 Å². The van der Waals surface area contributed by atoms with Gasteiger partial charge in [-0.25, -0.2) is 0 Å². The molecular formula is C37H69NO4. The number of hydrogen-bond acceptors (Lipinski definition) is 4. The Hall–Kier alpha value is -1.43. The highest BCUT2D eigenvalue weighted by molar-refractivity contribution is 5.76. The van der Waals surface area contributed by atoms with Crippen molar-refractivity contribution < 1.29 is 20.1 Å². The third-order valence-electron chi connectivity index (χ3n) is 7.97. The molecule has 0 saturated heterocycles. The van der Waals surface area contributed by atoms with Crippen LogP contribution in [0.1, 0.15) is 168 Å². The van der Waals surface area contributed by atoms with Gasteiger partial charge in [0.2, 0.25) is 5.91 Å². The summed E-state index contributed by atoms with van der Waals surface area (Å²) in [5.41, 5.74) is 0. The summed E-state index contributed by atoms with van der Waals surface area (Å²) < 4.78 is 0. The van der Waals surface area contributed by atoms with Crippen molar-refractivity contribution in [2.75, 3.05) is 6.61 Å². The van der Waals surface area contributed by atoms with Crippen molar-refractivity contribution in [1.29, 1.82) is 0 Å². The molecule has 3 unspecified atom stereocenters. The molecular weight excluding hydrogens is 522 g/mol. The minimum atomic E-state index is -1.16. The van der Waals surface area contributed by atoms with Gasteiger partial charge in [-0.2, -0.15) is 0 Å². The average Bonchev–Trinajstić information content (AvgIpc) is 2.99. The van der Waals surface area contributed by atoms with E-state index in [1.54, 1.807) is 0 Å². The second-order valence-electron chi connectivity index (χ2n) is 12.1. The fourth-order valence-electron chi connectivity index (χ4n) is 5.13. The minimum absolute atomic E-state index is 0.166. The van der Waals surface area contributed by atoms with Crippen LogP contribution < -0.4 is 5.32 Å². The number of nitrogens with one attached hydrogen (secondary N) is 1. The number of carbonyl (C=O) groups excluding carboxylic acids is 1. The lowest BCUT2D eigenvalue weighted by atomic mass is 10.0. The molecule has 0 fully saturated rings. The second kappa shape index (κ2) is 32.5. The summed E-state index contributed by atoms with van der Waals surface area (Å²) in [5.74, 6) is -0.166. The van der Waals surface area contributed by atoms with E-state index in [0.29, 0.717) is 12.8 Å². The summed E-state index contributed by atoms with van der Waals surface area (Å²) in [6.45, 7) is 4.09. The first kappa shape index (κ1) is 40.6. The predicted octanol–water partition coefficient (Wildman–Crippen LogP) is 9.26. The van der Waals surface area contributed by atoms with E-state index in [0.717, 1.165) is 51.4 Å². The lowest BCUT2D eigenvalue weighted by Gasteiger charge is -2.26. The summed E-state index contributed by atoms with van der Waals surface area (Å²) in [6.07, 6.45) is 38.0. The van der Waals surface area contributed by atoms with E-state index in [1.807, 2.05) is 0 Å². The molecule has 0 aliphatic heterocycles. The fraction of sp³-hybridized carbons (Fsp3) is 0.811. The number of rotatable bonds is 31. The van der Waals surface area contributed by atoms with Gasteiger partial charge in [-0.05, 0) is 70.6 Å². The van der Waals surface area contributed by atoms with Crippen LogP contribution >= 0.6 is 0 Å². The number of aliphatic hydroxyl groups is 3. The quantitative estimate of drug-likeness (QED) is 0.0478. The highest BCUT2D eigenvalue weighted by Gasteiger charge is 2.26. The molecule has 0 rings (SSSR count). The standard InChI is InChI=1S/C37H69NO4/c1-3-5-7-9-11-13-15-16-17-18-19-20-22-24-26-28-30-32-36(41)38-34(33-39)37(42)35(40)31-29-27-25-23-21-14-12-10-8-6-4-2/h11,13,16-17,23,25,34-35,37,39-40,42H,3-10,12,14-15,18-22,24,26-33H2,1-2H3,(H,38,41)/b13-11-,17-16-,25-23+. The van der Waals surface area contributed by atoms with Crippen LogP contribution in [0.15, 0.2) is 36.5 Å². The third kappa shape index (κ3) is 27.4. The number of amides is 1. The molecule has 0 aliphatic carbocycles. The van der Waals surface area contributed by atoms with Gasteiger partial charge in [-0.1, -0.05) is 127 Å². The Morgan fingerprint density at radius 3 is 1.57 bits per heavy atom. The van der Waals surface area contributed by atoms with E-state index < -0.39 is 18.2 Å². The van der Waals surface area contributed by atoms with Crippen LogP contribution in [0.4, 0.5) is 0 Å². The molecule has 0 aromatic carbocycles. The highest BCUT2D eigenvalue weighted by atomic mass is 16.3. The van der Waals surface area contributed by atoms with E-state index in [2.05, 4.69) is 55.6 Å². The Bertz CT molecular complexity index is 660. The molecule has 4 N–H and O–H groups in total. The molecule has 0 bridgehead atoms. The molecule has 0 aromatic heterocycles. The van der Waals surface area contributed by atoms with E-state index in [1.165, 1.54) is 89.9 Å². The van der Waals surface area contributed by atoms with Crippen molar-refractivity contribution in [3.63, 3.8) is 0 Å². The van der Waals surface area contributed by atoms with Crippen LogP contribution in [0.2, 0.25) is 0 Å². The first-order valence-electron chi connectivity index (χ1n) is 17.8. The van der Waals surface area contributed by atoms with Crippen LogP contribution in [0.25, 0.3) is 0 Å². The molecule has 0 aliphatic rings. The van der Waals surface area contributed by atoms with E-state index in [4.69, 9.17) is 0 Å².